The summed E-state index contributed by atoms with van der Waals surface area (Å²) < 4.78 is 9.95. The minimum Gasteiger partial charge on any atom is -0.498 e. The number of cyclic esters (lactones) is 1. The Hall–Kier alpha value is -2.07. The predicted molar refractivity (Wildman–Crippen MR) is 66.5 cm³/mol. The van der Waals surface area contributed by atoms with E-state index in [9.17, 15) is 9.90 Å². The highest BCUT2D eigenvalue weighted by Crippen LogP contribution is 2.19. The van der Waals surface area contributed by atoms with Crippen molar-refractivity contribution < 1.29 is 19.4 Å². The van der Waals surface area contributed by atoms with Crippen LogP contribution in [-0.4, -0.2) is 30.4 Å². The molecule has 2 atom stereocenters. The number of esters is 1. The molecule has 0 saturated carbocycles. The van der Waals surface area contributed by atoms with Crippen LogP contribution >= 0.6 is 0 Å². The molecule has 0 radical (unpaired) electrons. The molecule has 1 aromatic rings. The Bertz CT molecular complexity index is 476. The number of aliphatic hydroxyl groups excluding tert-OH is 1. The van der Waals surface area contributed by atoms with Crippen LogP contribution in [0.15, 0.2) is 48.2 Å². The second-order valence-electron chi connectivity index (χ2n) is 3.87. The van der Waals surface area contributed by atoms with Gasteiger partial charge in [-0.05, 0) is 11.6 Å². The maximum absolute atomic E-state index is 11.3. The lowest BCUT2D eigenvalue weighted by atomic mass is 10.1. The summed E-state index contributed by atoms with van der Waals surface area (Å²) in [6.45, 7) is 0. The van der Waals surface area contributed by atoms with Gasteiger partial charge in [0.1, 0.15) is 5.76 Å². The number of benzene rings is 1. The minimum absolute atomic E-state index is 0.217. The summed E-state index contributed by atoms with van der Waals surface area (Å²) >= 11 is 0. The van der Waals surface area contributed by atoms with Gasteiger partial charge in [-0.2, -0.15) is 0 Å². The van der Waals surface area contributed by atoms with E-state index in [1.165, 1.54) is 7.11 Å². The quantitative estimate of drug-likeness (QED) is 0.821. The molecular weight excluding hydrogens is 232 g/mol. The van der Waals surface area contributed by atoms with Crippen LogP contribution in [0.2, 0.25) is 0 Å². The second-order valence-corrected chi connectivity index (χ2v) is 3.87. The van der Waals surface area contributed by atoms with Crippen molar-refractivity contribution in [1.29, 1.82) is 0 Å². The third-order valence-corrected chi connectivity index (χ3v) is 2.63. The van der Waals surface area contributed by atoms with Crippen molar-refractivity contribution in [2.75, 3.05) is 7.11 Å². The summed E-state index contributed by atoms with van der Waals surface area (Å²) in [5.74, 6) is -0.297. The molecule has 1 aliphatic heterocycles. The lowest BCUT2D eigenvalue weighted by Gasteiger charge is -2.25. The van der Waals surface area contributed by atoms with E-state index < -0.39 is 18.2 Å². The van der Waals surface area contributed by atoms with Gasteiger partial charge in [-0.25, -0.2) is 4.79 Å². The Morgan fingerprint density at radius 1 is 1.33 bits per heavy atom. The zero-order valence-corrected chi connectivity index (χ0v) is 9.95. The fraction of sp³-hybridized carbons (Fsp3) is 0.214. The van der Waals surface area contributed by atoms with Gasteiger partial charge >= 0.3 is 5.97 Å². The summed E-state index contributed by atoms with van der Waals surface area (Å²) in [5, 5.41) is 9.90. The van der Waals surface area contributed by atoms with Crippen LogP contribution in [0.4, 0.5) is 0 Å². The first-order chi connectivity index (χ1) is 8.70. The van der Waals surface area contributed by atoms with E-state index in [2.05, 4.69) is 0 Å². The van der Waals surface area contributed by atoms with E-state index in [1.807, 2.05) is 30.3 Å². The fourth-order valence-electron chi connectivity index (χ4n) is 1.69. The third-order valence-electron chi connectivity index (χ3n) is 2.63. The van der Waals surface area contributed by atoms with Gasteiger partial charge in [-0.3, -0.25) is 0 Å². The highest BCUT2D eigenvalue weighted by Gasteiger charge is 2.30. The zero-order valence-electron chi connectivity index (χ0n) is 9.95. The van der Waals surface area contributed by atoms with Crippen LogP contribution in [0.1, 0.15) is 5.56 Å². The molecule has 0 amide bonds. The summed E-state index contributed by atoms with van der Waals surface area (Å²) in [5.41, 5.74) is 0.967. The van der Waals surface area contributed by atoms with Crippen molar-refractivity contribution in [3.63, 3.8) is 0 Å². The predicted octanol–water partition coefficient (Wildman–Crippen LogP) is 1.52. The Morgan fingerprint density at radius 3 is 2.72 bits per heavy atom. The molecule has 4 heteroatoms. The van der Waals surface area contributed by atoms with Gasteiger partial charge in [0.2, 0.25) is 0 Å². The molecule has 1 N–H and O–H groups in total. The molecule has 1 aliphatic rings. The summed E-state index contributed by atoms with van der Waals surface area (Å²) in [6.07, 6.45) is 2.90. The Kier molecular flexibility index (Phi) is 3.79. The number of methoxy groups -OCH3 is 1. The molecule has 94 valence electrons. The molecule has 0 saturated heterocycles. The van der Waals surface area contributed by atoms with Crippen molar-refractivity contribution in [2.45, 2.75) is 12.2 Å². The van der Waals surface area contributed by atoms with E-state index in [4.69, 9.17) is 9.47 Å². The highest BCUT2D eigenvalue weighted by atomic mass is 16.6. The maximum atomic E-state index is 11.3. The van der Waals surface area contributed by atoms with Crippen molar-refractivity contribution in [1.82, 2.24) is 0 Å². The van der Waals surface area contributed by atoms with Gasteiger partial charge in [0.15, 0.2) is 12.2 Å². The Morgan fingerprint density at radius 2 is 2.06 bits per heavy atom. The Labute approximate surface area is 105 Å². The minimum atomic E-state index is -0.965. The van der Waals surface area contributed by atoms with Crippen LogP contribution in [0, 0.1) is 0 Å². The van der Waals surface area contributed by atoms with E-state index in [-0.39, 0.29) is 5.76 Å². The lowest BCUT2D eigenvalue weighted by Crippen LogP contribution is -2.35. The second kappa shape index (κ2) is 5.51. The SMILES string of the molecule is COC1=CC(=O)O[C@@H](/C=C/c2ccccc2)[C@@H]1O. The molecule has 4 nitrogen and oxygen atoms in total. The molecule has 1 aromatic carbocycles. The van der Waals surface area contributed by atoms with Crippen molar-refractivity contribution >= 4 is 12.0 Å². The highest BCUT2D eigenvalue weighted by molar-refractivity contribution is 5.84. The summed E-state index contributed by atoms with van der Waals surface area (Å²) in [4.78, 5) is 11.3. The summed E-state index contributed by atoms with van der Waals surface area (Å²) in [7, 11) is 1.41. The third kappa shape index (κ3) is 2.78. The van der Waals surface area contributed by atoms with E-state index in [1.54, 1.807) is 12.2 Å². The molecule has 0 fully saturated rings. The molecule has 0 aliphatic carbocycles. The molecule has 1 heterocycles. The van der Waals surface area contributed by atoms with Crippen molar-refractivity contribution in [2.24, 2.45) is 0 Å². The van der Waals surface area contributed by atoms with Gasteiger partial charge in [0.25, 0.3) is 0 Å². The normalized spacial score (nSPS) is 23.7. The monoisotopic (exact) mass is 246 g/mol. The standard InChI is InChI=1S/C14H14O4/c1-17-12-9-13(15)18-11(14(12)16)8-7-10-5-3-2-4-6-10/h2-9,11,14,16H,1H3/b8-7+/t11-,14-/m0/s1. The largest absolute Gasteiger partial charge is 0.498 e. The van der Waals surface area contributed by atoms with Crippen molar-refractivity contribution in [3.05, 3.63) is 53.8 Å². The molecular formula is C14H14O4. The van der Waals surface area contributed by atoms with Gasteiger partial charge < -0.3 is 14.6 Å². The number of aliphatic hydroxyl groups is 1. The summed E-state index contributed by atoms with van der Waals surface area (Å²) in [6, 6.07) is 9.56. The first-order valence-electron chi connectivity index (χ1n) is 5.58. The molecule has 0 spiro atoms. The molecule has 0 bridgehead atoms. The van der Waals surface area contributed by atoms with E-state index in [0.717, 1.165) is 11.6 Å². The first-order valence-corrected chi connectivity index (χ1v) is 5.58. The fourth-order valence-corrected chi connectivity index (χ4v) is 1.69. The molecule has 18 heavy (non-hydrogen) atoms. The average Bonchev–Trinajstić information content (AvgIpc) is 2.40. The van der Waals surface area contributed by atoms with Gasteiger partial charge in [0, 0.05) is 0 Å². The Balaban J connectivity index is 2.13. The van der Waals surface area contributed by atoms with Gasteiger partial charge in [-0.1, -0.05) is 36.4 Å². The zero-order chi connectivity index (χ0) is 13.0. The topological polar surface area (TPSA) is 55.8 Å². The molecule has 0 unspecified atom stereocenters. The number of rotatable bonds is 3. The smallest absolute Gasteiger partial charge is 0.334 e. The van der Waals surface area contributed by atoms with Crippen LogP contribution in [0.3, 0.4) is 0 Å². The van der Waals surface area contributed by atoms with Gasteiger partial charge in [0.05, 0.1) is 13.2 Å². The van der Waals surface area contributed by atoms with Crippen molar-refractivity contribution in [3.8, 4) is 0 Å². The number of carbonyl (C=O) groups is 1. The van der Waals surface area contributed by atoms with E-state index >= 15 is 0 Å². The van der Waals surface area contributed by atoms with Gasteiger partial charge in [-0.15, -0.1) is 0 Å². The average molecular weight is 246 g/mol. The van der Waals surface area contributed by atoms with Crippen LogP contribution in [-0.2, 0) is 14.3 Å². The van der Waals surface area contributed by atoms with Crippen LogP contribution < -0.4 is 0 Å². The lowest BCUT2D eigenvalue weighted by molar-refractivity contribution is -0.148. The van der Waals surface area contributed by atoms with Crippen LogP contribution in [0.25, 0.3) is 6.08 Å². The number of ether oxygens (including phenoxy) is 2. The number of hydrogen-bond acceptors (Lipinski definition) is 4. The van der Waals surface area contributed by atoms with Crippen LogP contribution in [0.5, 0.6) is 0 Å². The molecule has 0 aromatic heterocycles. The molecule has 2 rings (SSSR count). The number of carbonyl (C=O) groups excluding carboxylic acids is 1. The number of hydrogen-bond donors (Lipinski definition) is 1. The first kappa shape index (κ1) is 12.4. The van der Waals surface area contributed by atoms with E-state index in [0.29, 0.717) is 0 Å². The maximum Gasteiger partial charge on any atom is 0.334 e.